The number of hydrogen-bond acceptors (Lipinski definition) is 5. The van der Waals surface area contributed by atoms with Gasteiger partial charge >= 0.3 is 0 Å². The lowest BCUT2D eigenvalue weighted by Crippen LogP contribution is -2.28. The van der Waals surface area contributed by atoms with E-state index in [0.29, 0.717) is 36.0 Å². The highest BCUT2D eigenvalue weighted by atomic mass is 32.2. The van der Waals surface area contributed by atoms with E-state index in [1.54, 1.807) is 18.2 Å². The molecule has 1 saturated heterocycles. The van der Waals surface area contributed by atoms with Crippen molar-refractivity contribution in [2.45, 2.75) is 17.7 Å². The zero-order valence-electron chi connectivity index (χ0n) is 17.5. The maximum atomic E-state index is 12.8. The van der Waals surface area contributed by atoms with Gasteiger partial charge in [-0.2, -0.15) is 4.31 Å². The number of ether oxygens (including phenoxy) is 1. The molecular formula is C24H25N3O4S. The number of hydrogen-bond donors (Lipinski definition) is 2. The van der Waals surface area contributed by atoms with Gasteiger partial charge < -0.3 is 15.4 Å². The molecule has 1 amide bonds. The van der Waals surface area contributed by atoms with Gasteiger partial charge in [-0.05, 0) is 55.3 Å². The maximum absolute atomic E-state index is 12.8. The Balaban J connectivity index is 1.39. The van der Waals surface area contributed by atoms with Crippen LogP contribution >= 0.6 is 0 Å². The van der Waals surface area contributed by atoms with Gasteiger partial charge in [-0.1, -0.05) is 36.4 Å². The van der Waals surface area contributed by atoms with Crippen LogP contribution in [0, 0.1) is 0 Å². The molecule has 1 aliphatic heterocycles. The summed E-state index contributed by atoms with van der Waals surface area (Å²) < 4.78 is 32.9. The molecule has 0 spiro atoms. The van der Waals surface area contributed by atoms with Crippen LogP contribution in [0.3, 0.4) is 0 Å². The van der Waals surface area contributed by atoms with Crippen LogP contribution < -0.4 is 15.4 Å². The van der Waals surface area contributed by atoms with Crippen LogP contribution in [-0.2, 0) is 14.8 Å². The van der Waals surface area contributed by atoms with E-state index in [9.17, 15) is 13.2 Å². The predicted molar refractivity (Wildman–Crippen MR) is 125 cm³/mol. The van der Waals surface area contributed by atoms with Crippen LogP contribution in [0.2, 0.25) is 0 Å². The summed E-state index contributed by atoms with van der Waals surface area (Å²) in [4.78, 5) is 12.7. The molecule has 166 valence electrons. The highest BCUT2D eigenvalue weighted by molar-refractivity contribution is 7.89. The number of nitrogens with zero attached hydrogens (tertiary/aromatic N) is 1. The average molecular weight is 452 g/mol. The third kappa shape index (κ3) is 5.27. The number of carbonyl (C=O) groups is 1. The summed E-state index contributed by atoms with van der Waals surface area (Å²) in [5, 5.41) is 5.84. The quantitative estimate of drug-likeness (QED) is 0.533. The van der Waals surface area contributed by atoms with Gasteiger partial charge in [-0.25, -0.2) is 8.42 Å². The van der Waals surface area contributed by atoms with Crippen molar-refractivity contribution in [2.24, 2.45) is 0 Å². The van der Waals surface area contributed by atoms with E-state index in [0.717, 1.165) is 12.8 Å². The molecule has 0 radical (unpaired) electrons. The monoisotopic (exact) mass is 451 g/mol. The zero-order chi connectivity index (χ0) is 22.4. The first-order chi connectivity index (χ1) is 15.5. The molecule has 4 rings (SSSR count). The fourth-order valence-corrected chi connectivity index (χ4v) is 5.07. The maximum Gasteiger partial charge on any atom is 0.243 e. The normalized spacial score (nSPS) is 14.1. The van der Waals surface area contributed by atoms with Crippen molar-refractivity contribution in [3.63, 3.8) is 0 Å². The first-order valence-corrected chi connectivity index (χ1v) is 11.9. The average Bonchev–Trinajstić information content (AvgIpc) is 3.35. The van der Waals surface area contributed by atoms with Crippen molar-refractivity contribution >= 4 is 27.3 Å². The number of sulfonamides is 1. The van der Waals surface area contributed by atoms with Gasteiger partial charge in [0, 0.05) is 18.8 Å². The third-order valence-corrected chi connectivity index (χ3v) is 7.01. The van der Waals surface area contributed by atoms with E-state index in [1.807, 2.05) is 54.6 Å². The number of carbonyl (C=O) groups excluding carboxylic acids is 1. The van der Waals surface area contributed by atoms with Crippen molar-refractivity contribution < 1.29 is 17.9 Å². The smallest absolute Gasteiger partial charge is 0.243 e. The minimum atomic E-state index is -3.54. The molecular weight excluding hydrogens is 426 g/mol. The van der Waals surface area contributed by atoms with E-state index in [2.05, 4.69) is 10.6 Å². The lowest BCUT2D eigenvalue weighted by Gasteiger charge is -2.16. The van der Waals surface area contributed by atoms with Crippen LogP contribution in [0.1, 0.15) is 12.8 Å². The lowest BCUT2D eigenvalue weighted by molar-refractivity contribution is -0.114. The second kappa shape index (κ2) is 9.84. The summed E-state index contributed by atoms with van der Waals surface area (Å²) in [7, 11) is -3.54. The predicted octanol–water partition coefficient (Wildman–Crippen LogP) is 4.31. The summed E-state index contributed by atoms with van der Waals surface area (Å²) in [5.41, 5.74) is 1.11. The molecule has 0 unspecified atom stereocenters. The van der Waals surface area contributed by atoms with Gasteiger partial charge in [0.15, 0.2) is 5.75 Å². The molecule has 3 aromatic carbocycles. The highest BCUT2D eigenvalue weighted by Gasteiger charge is 2.27. The Kier molecular flexibility index (Phi) is 6.72. The van der Waals surface area contributed by atoms with E-state index in [1.165, 1.54) is 10.4 Å². The minimum Gasteiger partial charge on any atom is -0.455 e. The Morgan fingerprint density at radius 1 is 0.906 bits per heavy atom. The molecule has 1 fully saturated rings. The number of benzene rings is 3. The van der Waals surface area contributed by atoms with E-state index >= 15 is 0 Å². The molecule has 0 bridgehead atoms. The Morgan fingerprint density at radius 3 is 2.41 bits per heavy atom. The molecule has 2 N–H and O–H groups in total. The fraction of sp³-hybridized carbons (Fsp3) is 0.208. The molecule has 1 heterocycles. The fourth-order valence-electron chi connectivity index (χ4n) is 3.51. The number of amides is 1. The van der Waals surface area contributed by atoms with E-state index < -0.39 is 10.0 Å². The van der Waals surface area contributed by atoms with Crippen LogP contribution in [0.25, 0.3) is 0 Å². The first kappa shape index (κ1) is 21.9. The molecule has 8 heteroatoms. The van der Waals surface area contributed by atoms with Crippen molar-refractivity contribution in [1.82, 2.24) is 4.31 Å². The molecule has 32 heavy (non-hydrogen) atoms. The highest BCUT2D eigenvalue weighted by Crippen LogP contribution is 2.29. The standard InChI is InChI=1S/C24H25N3O4S/c28-24(18-25-22-13-4-5-14-23(22)31-20-10-2-1-3-11-20)26-19-9-8-12-21(17-19)32(29,30)27-15-6-7-16-27/h1-5,8-14,17,25H,6-7,15-16,18H2,(H,26,28). The molecule has 7 nitrogen and oxygen atoms in total. The van der Waals surface area contributed by atoms with Crippen LogP contribution in [-0.4, -0.2) is 38.3 Å². The van der Waals surface area contributed by atoms with Crippen LogP contribution in [0.5, 0.6) is 11.5 Å². The van der Waals surface area contributed by atoms with Crippen LogP contribution in [0.4, 0.5) is 11.4 Å². The van der Waals surface area contributed by atoms with E-state index in [-0.39, 0.29) is 17.3 Å². The minimum absolute atomic E-state index is 0.00172. The van der Waals surface area contributed by atoms with Crippen molar-refractivity contribution in [3.05, 3.63) is 78.9 Å². The summed E-state index contributed by atoms with van der Waals surface area (Å²) in [6.45, 7) is 1.07. The summed E-state index contributed by atoms with van der Waals surface area (Å²) in [6.07, 6.45) is 1.74. The van der Waals surface area contributed by atoms with Gasteiger partial charge in [0.1, 0.15) is 5.75 Å². The summed E-state index contributed by atoms with van der Waals surface area (Å²) in [5.74, 6) is 1.00. The number of para-hydroxylation sites is 3. The third-order valence-electron chi connectivity index (χ3n) is 5.12. The molecule has 0 aromatic heterocycles. The van der Waals surface area contributed by atoms with Crippen molar-refractivity contribution in [2.75, 3.05) is 30.3 Å². The van der Waals surface area contributed by atoms with Crippen molar-refractivity contribution in [1.29, 1.82) is 0 Å². The first-order valence-electron chi connectivity index (χ1n) is 10.5. The Morgan fingerprint density at radius 2 is 1.62 bits per heavy atom. The zero-order valence-corrected chi connectivity index (χ0v) is 18.3. The Labute approximate surface area is 188 Å². The summed E-state index contributed by atoms with van der Waals surface area (Å²) in [6, 6.07) is 23.1. The van der Waals surface area contributed by atoms with Crippen molar-refractivity contribution in [3.8, 4) is 11.5 Å². The Bertz CT molecular complexity index is 1180. The Hall–Kier alpha value is -3.36. The van der Waals surface area contributed by atoms with E-state index in [4.69, 9.17) is 4.74 Å². The number of nitrogens with one attached hydrogen (secondary N) is 2. The molecule has 0 saturated carbocycles. The molecule has 0 aliphatic carbocycles. The van der Waals surface area contributed by atoms with Gasteiger partial charge in [-0.3, -0.25) is 4.79 Å². The molecule has 0 atom stereocenters. The van der Waals surface area contributed by atoms with Gasteiger partial charge in [0.25, 0.3) is 0 Å². The largest absolute Gasteiger partial charge is 0.455 e. The van der Waals surface area contributed by atoms with Gasteiger partial charge in [0.05, 0.1) is 17.1 Å². The SMILES string of the molecule is O=C(CNc1ccccc1Oc1ccccc1)Nc1cccc(S(=O)(=O)N2CCCC2)c1. The van der Waals surface area contributed by atoms with Crippen LogP contribution in [0.15, 0.2) is 83.8 Å². The molecule has 3 aromatic rings. The topological polar surface area (TPSA) is 87.7 Å². The van der Waals surface area contributed by atoms with Gasteiger partial charge in [-0.15, -0.1) is 0 Å². The second-order valence-electron chi connectivity index (χ2n) is 7.45. The van der Waals surface area contributed by atoms with Gasteiger partial charge in [0.2, 0.25) is 15.9 Å². The summed E-state index contributed by atoms with van der Waals surface area (Å²) >= 11 is 0. The lowest BCUT2D eigenvalue weighted by atomic mass is 10.2. The number of rotatable bonds is 8. The molecule has 1 aliphatic rings. The number of anilines is 2. The second-order valence-corrected chi connectivity index (χ2v) is 9.39.